The number of rotatable bonds is 6. The van der Waals surface area contributed by atoms with E-state index in [1.54, 1.807) is 0 Å². The molecule has 2 rings (SSSR count). The van der Waals surface area contributed by atoms with Gasteiger partial charge in [-0.3, -0.25) is 4.79 Å². The second kappa shape index (κ2) is 8.88. The van der Waals surface area contributed by atoms with Crippen LogP contribution in [0.1, 0.15) is 25.7 Å². The molecule has 3 N–H and O–H groups in total. The predicted molar refractivity (Wildman–Crippen MR) is 85.4 cm³/mol. The zero-order valence-electron chi connectivity index (χ0n) is 12.8. The molecule has 8 heteroatoms. The van der Waals surface area contributed by atoms with Gasteiger partial charge >= 0.3 is 6.61 Å². The number of halogens is 3. The van der Waals surface area contributed by atoms with Gasteiger partial charge in [-0.05, 0) is 30.9 Å². The lowest BCUT2D eigenvalue weighted by molar-refractivity contribution is -0.117. The van der Waals surface area contributed by atoms with Crippen molar-refractivity contribution in [2.75, 3.05) is 12.4 Å². The zero-order valence-corrected chi connectivity index (χ0v) is 13.6. The number of hydrogen-bond acceptors (Lipinski definition) is 4. The number of alkyl halides is 2. The van der Waals surface area contributed by atoms with Crippen molar-refractivity contribution < 1.29 is 23.0 Å². The van der Waals surface area contributed by atoms with Crippen LogP contribution in [0.4, 0.5) is 14.5 Å². The van der Waals surface area contributed by atoms with Crippen molar-refractivity contribution in [3.63, 3.8) is 0 Å². The third-order valence-electron chi connectivity index (χ3n) is 3.84. The van der Waals surface area contributed by atoms with Crippen molar-refractivity contribution >= 4 is 24.0 Å². The first-order valence-corrected chi connectivity index (χ1v) is 7.18. The van der Waals surface area contributed by atoms with Crippen LogP contribution in [0.5, 0.6) is 11.5 Å². The van der Waals surface area contributed by atoms with Crippen LogP contribution in [0, 0.1) is 5.92 Å². The van der Waals surface area contributed by atoms with Crippen molar-refractivity contribution in [3.8, 4) is 11.5 Å². The average molecular weight is 351 g/mol. The first kappa shape index (κ1) is 19.4. The van der Waals surface area contributed by atoms with E-state index in [1.165, 1.54) is 25.3 Å². The van der Waals surface area contributed by atoms with Gasteiger partial charge in [-0.25, -0.2) is 0 Å². The van der Waals surface area contributed by atoms with E-state index in [-0.39, 0.29) is 48.1 Å². The molecule has 1 aromatic carbocycles. The summed E-state index contributed by atoms with van der Waals surface area (Å²) in [5, 5.41) is 2.61. The second-order valence-corrected chi connectivity index (χ2v) is 5.35. The molecule has 2 atom stereocenters. The van der Waals surface area contributed by atoms with Gasteiger partial charge in [0, 0.05) is 18.5 Å². The summed E-state index contributed by atoms with van der Waals surface area (Å²) in [5.74, 6) is 0.203. The summed E-state index contributed by atoms with van der Waals surface area (Å²) in [5.41, 5.74) is 6.10. The van der Waals surface area contributed by atoms with Crippen LogP contribution in [0.15, 0.2) is 18.2 Å². The van der Waals surface area contributed by atoms with Crippen LogP contribution in [-0.2, 0) is 4.79 Å². The van der Waals surface area contributed by atoms with E-state index in [0.29, 0.717) is 5.75 Å². The molecule has 5 nitrogen and oxygen atoms in total. The smallest absolute Gasteiger partial charge is 0.387 e. The highest BCUT2D eigenvalue weighted by Gasteiger charge is 2.26. The van der Waals surface area contributed by atoms with E-state index in [4.69, 9.17) is 10.5 Å². The van der Waals surface area contributed by atoms with Crippen molar-refractivity contribution in [2.45, 2.75) is 38.3 Å². The maximum Gasteiger partial charge on any atom is 0.387 e. The molecule has 1 aliphatic rings. The van der Waals surface area contributed by atoms with Crippen molar-refractivity contribution in [1.29, 1.82) is 0 Å². The maximum atomic E-state index is 12.4. The summed E-state index contributed by atoms with van der Waals surface area (Å²) in [7, 11) is 1.45. The fourth-order valence-electron chi connectivity index (χ4n) is 2.69. The van der Waals surface area contributed by atoms with Crippen LogP contribution in [0.2, 0.25) is 0 Å². The SMILES string of the molecule is COc1ccc(OC(F)F)c(NC(=O)C[C@@H]2CCC[C@H]2N)c1.Cl. The molecule has 0 radical (unpaired) electrons. The lowest BCUT2D eigenvalue weighted by atomic mass is 10.00. The molecular weight excluding hydrogens is 330 g/mol. The molecule has 130 valence electrons. The topological polar surface area (TPSA) is 73.6 Å². The molecule has 0 saturated heterocycles. The van der Waals surface area contributed by atoms with E-state index >= 15 is 0 Å². The Balaban J connectivity index is 0.00000264. The molecule has 0 aromatic heterocycles. The molecule has 1 saturated carbocycles. The Morgan fingerprint density at radius 1 is 1.43 bits per heavy atom. The van der Waals surface area contributed by atoms with Crippen molar-refractivity contribution in [1.82, 2.24) is 0 Å². The molecule has 23 heavy (non-hydrogen) atoms. The van der Waals surface area contributed by atoms with E-state index in [0.717, 1.165) is 19.3 Å². The normalized spacial score (nSPS) is 20.0. The molecule has 1 amide bonds. The summed E-state index contributed by atoms with van der Waals surface area (Å²) in [4.78, 5) is 12.1. The third kappa shape index (κ3) is 5.51. The molecule has 0 spiro atoms. The van der Waals surface area contributed by atoms with E-state index < -0.39 is 6.61 Å². The Morgan fingerprint density at radius 2 is 2.17 bits per heavy atom. The van der Waals surface area contributed by atoms with Crippen LogP contribution in [0.25, 0.3) is 0 Å². The highest BCUT2D eigenvalue weighted by Crippen LogP contribution is 2.32. The molecule has 1 fully saturated rings. The number of amides is 1. The van der Waals surface area contributed by atoms with Gasteiger partial charge in [0.15, 0.2) is 0 Å². The van der Waals surface area contributed by atoms with Crippen LogP contribution >= 0.6 is 12.4 Å². The van der Waals surface area contributed by atoms with Gasteiger partial charge in [-0.15, -0.1) is 12.4 Å². The molecular formula is C15H21ClF2N2O3. The minimum atomic E-state index is -2.97. The summed E-state index contributed by atoms with van der Waals surface area (Å²) in [6.07, 6.45) is 3.11. The lowest BCUT2D eigenvalue weighted by Gasteiger charge is -2.16. The molecule has 0 heterocycles. The summed E-state index contributed by atoms with van der Waals surface area (Å²) >= 11 is 0. The standard InChI is InChI=1S/C15H20F2N2O3.ClH/c1-21-10-5-6-13(22-15(16)17)12(8-10)19-14(20)7-9-3-2-4-11(9)18;/h5-6,8-9,11,15H,2-4,7,18H2,1H3,(H,19,20);1H/t9-,11+;/m0./s1. The third-order valence-corrected chi connectivity index (χ3v) is 3.84. The maximum absolute atomic E-state index is 12.4. The molecule has 0 aliphatic heterocycles. The van der Waals surface area contributed by atoms with Crippen molar-refractivity contribution in [2.24, 2.45) is 11.7 Å². The Morgan fingerprint density at radius 3 is 2.74 bits per heavy atom. The van der Waals surface area contributed by atoms with Crippen molar-refractivity contribution in [3.05, 3.63) is 18.2 Å². The van der Waals surface area contributed by atoms with Gasteiger partial charge in [-0.1, -0.05) is 6.42 Å². The number of carbonyl (C=O) groups excluding carboxylic acids is 1. The van der Waals surface area contributed by atoms with E-state index in [1.807, 2.05) is 0 Å². The highest BCUT2D eigenvalue weighted by atomic mass is 35.5. The van der Waals surface area contributed by atoms with Crippen LogP contribution in [0.3, 0.4) is 0 Å². The van der Waals surface area contributed by atoms with Crippen LogP contribution in [-0.4, -0.2) is 25.7 Å². The summed E-state index contributed by atoms with van der Waals surface area (Å²) < 4.78 is 34.3. The van der Waals surface area contributed by atoms with Gasteiger partial charge in [-0.2, -0.15) is 8.78 Å². The Hall–Kier alpha value is -1.60. The highest BCUT2D eigenvalue weighted by molar-refractivity contribution is 5.92. The first-order valence-electron chi connectivity index (χ1n) is 7.18. The number of carbonyl (C=O) groups is 1. The number of anilines is 1. The lowest BCUT2D eigenvalue weighted by Crippen LogP contribution is -2.28. The van der Waals surface area contributed by atoms with Gasteiger partial charge in [0.1, 0.15) is 11.5 Å². The van der Waals surface area contributed by atoms with E-state index in [9.17, 15) is 13.6 Å². The van der Waals surface area contributed by atoms with Gasteiger partial charge < -0.3 is 20.5 Å². The minimum absolute atomic E-state index is 0. The average Bonchev–Trinajstić information content (AvgIpc) is 2.85. The monoisotopic (exact) mass is 350 g/mol. The number of benzene rings is 1. The molecule has 0 unspecified atom stereocenters. The number of methoxy groups -OCH3 is 1. The predicted octanol–water partition coefficient (Wildman–Crippen LogP) is 3.17. The fraction of sp³-hybridized carbons (Fsp3) is 0.533. The zero-order chi connectivity index (χ0) is 16.1. The summed E-state index contributed by atoms with van der Waals surface area (Å²) in [6, 6.07) is 4.29. The van der Waals surface area contributed by atoms with Gasteiger partial charge in [0.2, 0.25) is 5.91 Å². The Labute approximate surface area is 139 Å². The number of ether oxygens (including phenoxy) is 2. The number of hydrogen-bond donors (Lipinski definition) is 2. The van der Waals surface area contributed by atoms with Gasteiger partial charge in [0.05, 0.1) is 12.8 Å². The fourth-order valence-corrected chi connectivity index (χ4v) is 2.69. The second-order valence-electron chi connectivity index (χ2n) is 5.35. The minimum Gasteiger partial charge on any atom is -0.497 e. The Kier molecular flexibility index (Phi) is 7.51. The molecule has 1 aromatic rings. The molecule has 1 aliphatic carbocycles. The largest absolute Gasteiger partial charge is 0.497 e. The first-order chi connectivity index (χ1) is 10.5. The molecule has 0 bridgehead atoms. The summed E-state index contributed by atoms with van der Waals surface area (Å²) in [6.45, 7) is -2.97. The van der Waals surface area contributed by atoms with Gasteiger partial charge in [0.25, 0.3) is 0 Å². The number of nitrogens with one attached hydrogen (secondary N) is 1. The van der Waals surface area contributed by atoms with Crippen LogP contribution < -0.4 is 20.5 Å². The quantitative estimate of drug-likeness (QED) is 0.826. The van der Waals surface area contributed by atoms with E-state index in [2.05, 4.69) is 10.1 Å². The Bertz CT molecular complexity index is 531. The number of nitrogens with two attached hydrogens (primary N) is 1.